The van der Waals surface area contributed by atoms with Gasteiger partial charge in [0.25, 0.3) is 0 Å². The lowest BCUT2D eigenvalue weighted by atomic mass is 9.97. The summed E-state index contributed by atoms with van der Waals surface area (Å²) >= 11 is 0. The molecule has 4 heteroatoms. The third kappa shape index (κ3) is 9.06. The van der Waals surface area contributed by atoms with Gasteiger partial charge in [0.2, 0.25) is 0 Å². The van der Waals surface area contributed by atoms with E-state index in [9.17, 15) is 4.79 Å². The Kier molecular flexibility index (Phi) is 5.23. The molecule has 14 heavy (non-hydrogen) atoms. The summed E-state index contributed by atoms with van der Waals surface area (Å²) in [5.41, 5.74) is 0.0531. The highest BCUT2D eigenvalue weighted by molar-refractivity contribution is 5.74. The van der Waals surface area contributed by atoms with Gasteiger partial charge in [0.1, 0.15) is 0 Å². The highest BCUT2D eigenvalue weighted by atomic mass is 16.3. The van der Waals surface area contributed by atoms with E-state index in [2.05, 4.69) is 10.6 Å². The van der Waals surface area contributed by atoms with Gasteiger partial charge in [0.15, 0.2) is 0 Å². The molecule has 0 aromatic carbocycles. The molecule has 0 saturated heterocycles. The molecular formula is C10H20N2O2. The van der Waals surface area contributed by atoms with E-state index in [1.54, 1.807) is 13.1 Å². The zero-order valence-corrected chi connectivity index (χ0v) is 9.29. The smallest absolute Gasteiger partial charge is 0.318 e. The van der Waals surface area contributed by atoms with E-state index < -0.39 is 6.10 Å². The van der Waals surface area contributed by atoms with Crippen molar-refractivity contribution in [3.63, 3.8) is 0 Å². The number of nitrogens with one attached hydrogen (secondary N) is 2. The van der Waals surface area contributed by atoms with Gasteiger partial charge in [-0.05, 0) is 12.3 Å². The molecule has 0 aromatic rings. The van der Waals surface area contributed by atoms with Crippen LogP contribution in [0.15, 0.2) is 12.3 Å². The lowest BCUT2D eigenvalue weighted by Gasteiger charge is -2.11. The maximum Gasteiger partial charge on any atom is 0.318 e. The Bertz CT molecular complexity index is 205. The van der Waals surface area contributed by atoms with Crippen molar-refractivity contribution in [2.75, 3.05) is 6.54 Å². The van der Waals surface area contributed by atoms with Crippen molar-refractivity contribution in [2.24, 2.45) is 5.41 Å². The molecule has 0 spiro atoms. The molecule has 2 amide bonds. The standard InChI is InChI=1S/C10H20N2O2/c1-8(13)7-12-9(14)11-6-5-10(2,3)4/h5-6,8,13H,7H2,1-4H3,(H2,11,12,14)/b6-5+. The van der Waals surface area contributed by atoms with Crippen LogP contribution in [0.3, 0.4) is 0 Å². The molecular weight excluding hydrogens is 180 g/mol. The van der Waals surface area contributed by atoms with E-state index >= 15 is 0 Å². The number of aliphatic hydroxyl groups is 1. The van der Waals surface area contributed by atoms with Gasteiger partial charge in [0.05, 0.1) is 6.10 Å². The van der Waals surface area contributed by atoms with Crippen LogP contribution in [0.4, 0.5) is 4.79 Å². The number of carbonyl (C=O) groups is 1. The molecule has 0 rings (SSSR count). The van der Waals surface area contributed by atoms with Gasteiger partial charge >= 0.3 is 6.03 Å². The Morgan fingerprint density at radius 1 is 1.50 bits per heavy atom. The summed E-state index contributed by atoms with van der Waals surface area (Å²) in [4.78, 5) is 11.0. The molecule has 1 unspecified atom stereocenters. The average Bonchev–Trinajstić information content (AvgIpc) is 1.98. The molecule has 1 atom stereocenters. The number of amides is 2. The normalized spacial score (nSPS) is 14.1. The van der Waals surface area contributed by atoms with E-state index in [0.717, 1.165) is 0 Å². The van der Waals surface area contributed by atoms with E-state index in [1.165, 1.54) is 0 Å². The van der Waals surface area contributed by atoms with Gasteiger partial charge in [-0.1, -0.05) is 26.8 Å². The Morgan fingerprint density at radius 3 is 2.50 bits per heavy atom. The zero-order chi connectivity index (χ0) is 11.2. The maximum absolute atomic E-state index is 11.0. The second-order valence-electron chi connectivity index (χ2n) is 4.40. The molecule has 0 saturated carbocycles. The third-order valence-electron chi connectivity index (χ3n) is 1.36. The molecule has 0 fully saturated rings. The van der Waals surface area contributed by atoms with Crippen LogP contribution in [0.1, 0.15) is 27.7 Å². The summed E-state index contributed by atoms with van der Waals surface area (Å²) in [6.45, 7) is 8.00. The lowest BCUT2D eigenvalue weighted by Crippen LogP contribution is -2.36. The summed E-state index contributed by atoms with van der Waals surface area (Å²) in [6.07, 6.45) is 2.99. The van der Waals surface area contributed by atoms with E-state index in [0.29, 0.717) is 0 Å². The SMILES string of the molecule is CC(O)CNC(=O)N/C=C/C(C)(C)C. The average molecular weight is 200 g/mol. The van der Waals surface area contributed by atoms with Crippen molar-refractivity contribution in [3.8, 4) is 0 Å². The lowest BCUT2D eigenvalue weighted by molar-refractivity contribution is 0.188. The molecule has 3 N–H and O–H groups in total. The fourth-order valence-corrected chi connectivity index (χ4v) is 0.659. The largest absolute Gasteiger partial charge is 0.392 e. The minimum Gasteiger partial charge on any atom is -0.392 e. The molecule has 0 aliphatic carbocycles. The molecule has 4 nitrogen and oxygen atoms in total. The molecule has 0 aliphatic heterocycles. The predicted molar refractivity (Wildman–Crippen MR) is 56.8 cm³/mol. The first kappa shape index (κ1) is 13.0. The van der Waals surface area contributed by atoms with E-state index in [1.807, 2.05) is 26.8 Å². The fraction of sp³-hybridized carbons (Fsp3) is 0.700. The topological polar surface area (TPSA) is 61.4 Å². The van der Waals surface area contributed by atoms with Crippen molar-refractivity contribution < 1.29 is 9.90 Å². The van der Waals surface area contributed by atoms with Crippen LogP contribution < -0.4 is 10.6 Å². The first-order chi connectivity index (χ1) is 6.31. The van der Waals surface area contributed by atoms with E-state index in [4.69, 9.17) is 5.11 Å². The first-order valence-corrected chi connectivity index (χ1v) is 4.71. The van der Waals surface area contributed by atoms with Gasteiger partial charge in [-0.25, -0.2) is 4.79 Å². The monoisotopic (exact) mass is 200 g/mol. The predicted octanol–water partition coefficient (Wildman–Crippen LogP) is 1.23. The number of urea groups is 1. The summed E-state index contributed by atoms with van der Waals surface area (Å²) < 4.78 is 0. The Hall–Kier alpha value is -1.03. The van der Waals surface area contributed by atoms with Crippen LogP contribution in [0.25, 0.3) is 0 Å². The number of carbonyl (C=O) groups excluding carboxylic acids is 1. The number of allylic oxidation sites excluding steroid dienone is 1. The van der Waals surface area contributed by atoms with Crippen LogP contribution >= 0.6 is 0 Å². The van der Waals surface area contributed by atoms with Crippen LogP contribution in [0.2, 0.25) is 0 Å². The second kappa shape index (κ2) is 5.65. The minimum absolute atomic E-state index is 0.0531. The Morgan fingerprint density at radius 2 is 2.07 bits per heavy atom. The first-order valence-electron chi connectivity index (χ1n) is 4.71. The highest BCUT2D eigenvalue weighted by Crippen LogP contribution is 2.13. The minimum atomic E-state index is -0.521. The van der Waals surface area contributed by atoms with Crippen LogP contribution in [-0.4, -0.2) is 23.8 Å². The van der Waals surface area contributed by atoms with E-state index in [-0.39, 0.29) is 18.0 Å². The second-order valence-corrected chi connectivity index (χ2v) is 4.40. The molecule has 0 heterocycles. The number of rotatable bonds is 3. The van der Waals surface area contributed by atoms with Crippen molar-refractivity contribution in [1.82, 2.24) is 10.6 Å². The fourth-order valence-electron chi connectivity index (χ4n) is 0.659. The van der Waals surface area contributed by atoms with Gasteiger partial charge in [-0.15, -0.1) is 0 Å². The summed E-state index contributed by atoms with van der Waals surface area (Å²) in [6, 6.07) is -0.300. The summed E-state index contributed by atoms with van der Waals surface area (Å²) in [5.74, 6) is 0. The third-order valence-corrected chi connectivity index (χ3v) is 1.36. The van der Waals surface area contributed by atoms with Crippen molar-refractivity contribution >= 4 is 6.03 Å². The molecule has 0 aliphatic rings. The number of hydrogen-bond donors (Lipinski definition) is 3. The highest BCUT2D eigenvalue weighted by Gasteiger charge is 2.04. The molecule has 0 bridgehead atoms. The van der Waals surface area contributed by atoms with Crippen LogP contribution in [0, 0.1) is 5.41 Å². The van der Waals surface area contributed by atoms with Gasteiger partial charge in [-0.3, -0.25) is 0 Å². The Balaban J connectivity index is 3.70. The molecule has 0 aromatic heterocycles. The quantitative estimate of drug-likeness (QED) is 0.641. The van der Waals surface area contributed by atoms with Crippen molar-refractivity contribution in [1.29, 1.82) is 0 Å². The summed E-state index contributed by atoms with van der Waals surface area (Å²) in [7, 11) is 0. The molecule has 82 valence electrons. The van der Waals surface area contributed by atoms with Crippen molar-refractivity contribution in [2.45, 2.75) is 33.8 Å². The Labute approximate surface area is 85.4 Å². The van der Waals surface area contributed by atoms with Gasteiger partial charge in [0, 0.05) is 12.7 Å². The van der Waals surface area contributed by atoms with Crippen LogP contribution in [-0.2, 0) is 0 Å². The van der Waals surface area contributed by atoms with Gasteiger partial charge in [-0.2, -0.15) is 0 Å². The van der Waals surface area contributed by atoms with Gasteiger partial charge < -0.3 is 15.7 Å². The maximum atomic E-state index is 11.0. The zero-order valence-electron chi connectivity index (χ0n) is 9.29. The number of aliphatic hydroxyl groups excluding tert-OH is 1. The van der Waals surface area contributed by atoms with Crippen LogP contribution in [0.5, 0.6) is 0 Å². The molecule has 0 radical (unpaired) electrons. The summed E-state index contributed by atoms with van der Waals surface area (Å²) in [5, 5.41) is 14.0. The van der Waals surface area contributed by atoms with Crippen molar-refractivity contribution in [3.05, 3.63) is 12.3 Å². The number of hydrogen-bond acceptors (Lipinski definition) is 2.